The minimum absolute atomic E-state index is 0.00782. The quantitative estimate of drug-likeness (QED) is 0.765. The summed E-state index contributed by atoms with van der Waals surface area (Å²) in [5.74, 6) is 2.73. The third kappa shape index (κ3) is 7.38. The van der Waals surface area contributed by atoms with Gasteiger partial charge in [-0.2, -0.15) is 0 Å². The highest BCUT2D eigenvalue weighted by Crippen LogP contribution is 2.30. The second-order valence-corrected chi connectivity index (χ2v) is 8.64. The van der Waals surface area contributed by atoms with E-state index in [1.54, 1.807) is 6.07 Å². The summed E-state index contributed by atoms with van der Waals surface area (Å²) in [6, 6.07) is 3.72. The molecule has 1 aliphatic heterocycles. The monoisotopic (exact) mass is 339 g/mol. The van der Waals surface area contributed by atoms with Crippen LogP contribution >= 0.6 is 11.6 Å². The van der Waals surface area contributed by atoms with Crippen LogP contribution in [0, 0.1) is 11.8 Å². The van der Waals surface area contributed by atoms with Gasteiger partial charge in [-0.3, -0.25) is 0 Å². The molecular formula is C18H29AlClO2. The fraction of sp³-hybridized carbons (Fsp3) is 0.667. The van der Waals surface area contributed by atoms with Crippen molar-refractivity contribution in [3.63, 3.8) is 0 Å². The van der Waals surface area contributed by atoms with Crippen molar-refractivity contribution in [1.29, 1.82) is 0 Å². The molecule has 0 atom stereocenters. The van der Waals surface area contributed by atoms with E-state index in [1.165, 1.54) is 10.6 Å². The van der Waals surface area contributed by atoms with E-state index >= 15 is 0 Å². The number of fused-ring (bicyclic) bond motifs is 1. The minimum atomic E-state index is -0.00782. The van der Waals surface area contributed by atoms with Gasteiger partial charge in [-0.25, -0.2) is 0 Å². The Balaban J connectivity index is 0.000000239. The van der Waals surface area contributed by atoms with Gasteiger partial charge in [0.15, 0.2) is 0 Å². The zero-order valence-corrected chi connectivity index (χ0v) is 16.3. The Morgan fingerprint density at radius 2 is 1.82 bits per heavy atom. The molecule has 1 aliphatic rings. The van der Waals surface area contributed by atoms with Gasteiger partial charge in [0, 0.05) is 5.02 Å². The van der Waals surface area contributed by atoms with E-state index in [4.69, 9.17) is 21.4 Å². The van der Waals surface area contributed by atoms with Crippen molar-refractivity contribution >= 4 is 26.8 Å². The number of rotatable bonds is 5. The van der Waals surface area contributed by atoms with Gasteiger partial charge < -0.3 is 9.84 Å². The van der Waals surface area contributed by atoms with Crippen molar-refractivity contribution in [3.8, 4) is 5.75 Å². The second kappa shape index (κ2) is 10.6. The van der Waals surface area contributed by atoms with Crippen molar-refractivity contribution in [2.24, 2.45) is 11.8 Å². The lowest BCUT2D eigenvalue weighted by Crippen LogP contribution is -2.08. The average molecular weight is 340 g/mol. The minimum Gasteiger partial charge on any atom is -0.493 e. The predicted molar refractivity (Wildman–Crippen MR) is 96.2 cm³/mol. The van der Waals surface area contributed by atoms with E-state index in [1.807, 2.05) is 6.07 Å². The van der Waals surface area contributed by atoms with E-state index in [0.717, 1.165) is 63.4 Å². The molecule has 1 aromatic carbocycles. The highest BCUT2D eigenvalue weighted by Gasteiger charge is 2.12. The van der Waals surface area contributed by atoms with E-state index in [9.17, 15) is 0 Å². The summed E-state index contributed by atoms with van der Waals surface area (Å²) in [5.41, 5.74) is 1.94. The van der Waals surface area contributed by atoms with Crippen LogP contribution in [-0.2, 0) is 13.0 Å². The lowest BCUT2D eigenvalue weighted by Gasteiger charge is -2.18. The smallest absolute Gasteiger partial charge is 0.200 e. The zero-order chi connectivity index (χ0) is 16.5. The molecule has 0 saturated carbocycles. The first kappa shape index (κ1) is 19.8. The number of benzene rings is 1. The van der Waals surface area contributed by atoms with Crippen molar-refractivity contribution in [1.82, 2.24) is 0 Å². The highest BCUT2D eigenvalue weighted by atomic mass is 35.5. The summed E-state index contributed by atoms with van der Waals surface area (Å²) in [6.07, 6.45) is 2.05. The van der Waals surface area contributed by atoms with Crippen LogP contribution in [0.4, 0.5) is 0 Å². The topological polar surface area (TPSA) is 29.5 Å². The Bertz CT molecular complexity index is 439. The van der Waals surface area contributed by atoms with Gasteiger partial charge >= 0.3 is 0 Å². The first-order valence-corrected chi connectivity index (χ1v) is 10.3. The summed E-state index contributed by atoms with van der Waals surface area (Å²) in [7, 11) is 0. The summed E-state index contributed by atoms with van der Waals surface area (Å²) in [6.45, 7) is 10.0. The van der Waals surface area contributed by atoms with Crippen LogP contribution in [0.5, 0.6) is 5.75 Å². The molecule has 1 heterocycles. The first-order chi connectivity index (χ1) is 10.4. The second-order valence-electron chi connectivity index (χ2n) is 6.71. The molecule has 0 spiro atoms. The maximum atomic E-state index is 8.99. The molecule has 1 aromatic rings. The van der Waals surface area contributed by atoms with Crippen molar-refractivity contribution in [2.75, 3.05) is 6.61 Å². The number of hydrogen-bond acceptors (Lipinski definition) is 2. The van der Waals surface area contributed by atoms with E-state index in [0.29, 0.717) is 5.02 Å². The number of aliphatic hydroxyl groups is 1. The van der Waals surface area contributed by atoms with Gasteiger partial charge in [0.2, 0.25) is 15.2 Å². The third-order valence-electron chi connectivity index (χ3n) is 3.52. The van der Waals surface area contributed by atoms with Crippen LogP contribution in [0.25, 0.3) is 0 Å². The fourth-order valence-electron chi connectivity index (χ4n) is 2.31. The average Bonchev–Trinajstić information content (AvgIpc) is 2.46. The number of halogens is 1. The van der Waals surface area contributed by atoms with Crippen molar-refractivity contribution in [3.05, 3.63) is 28.3 Å². The summed E-state index contributed by atoms with van der Waals surface area (Å²) >= 11 is 6.68. The van der Waals surface area contributed by atoms with Gasteiger partial charge in [0.1, 0.15) is 5.75 Å². The Morgan fingerprint density at radius 1 is 1.18 bits per heavy atom. The Kier molecular flexibility index (Phi) is 9.52. The molecule has 123 valence electrons. The molecule has 0 amide bonds. The standard InChI is InChI=1S/C10H11ClO2.2C4H9.Al/c11-9-5-10-7(2-1-3-13-10)4-8(9)6-12;2*1-4(2)3;/h4-5,12H,1-3,6H2;2*4H,1H2,2-3H3;. The largest absolute Gasteiger partial charge is 0.493 e. The summed E-state index contributed by atoms with van der Waals surface area (Å²) in [4.78, 5) is 0. The number of aliphatic hydroxyl groups excluding tert-OH is 1. The van der Waals surface area contributed by atoms with Crippen LogP contribution < -0.4 is 4.74 Å². The molecule has 2 nitrogen and oxygen atoms in total. The molecule has 0 fully saturated rings. The van der Waals surface area contributed by atoms with Crippen LogP contribution in [0.1, 0.15) is 45.2 Å². The molecule has 0 aliphatic carbocycles. The fourth-order valence-corrected chi connectivity index (χ4v) is 4.05. The lowest BCUT2D eigenvalue weighted by molar-refractivity contribution is 0.277. The molecule has 4 heteroatoms. The van der Waals surface area contributed by atoms with E-state index < -0.39 is 0 Å². The summed E-state index contributed by atoms with van der Waals surface area (Å²) in [5, 5.41) is 12.5. The lowest BCUT2D eigenvalue weighted by atomic mass is 10.0. The van der Waals surface area contributed by atoms with Crippen LogP contribution in [0.2, 0.25) is 15.6 Å². The van der Waals surface area contributed by atoms with Gasteiger partial charge in [0.25, 0.3) is 0 Å². The van der Waals surface area contributed by atoms with Gasteiger partial charge in [-0.15, -0.1) is 10.6 Å². The molecule has 0 aromatic heterocycles. The molecule has 1 N–H and O–H groups in total. The Hall–Kier alpha value is -0.198. The first-order valence-electron chi connectivity index (χ1n) is 8.30. The van der Waals surface area contributed by atoms with Gasteiger partial charge in [-0.1, -0.05) is 51.1 Å². The third-order valence-corrected chi connectivity index (χ3v) is 6.43. The summed E-state index contributed by atoms with van der Waals surface area (Å²) < 4.78 is 5.44. The van der Waals surface area contributed by atoms with Crippen LogP contribution in [0.3, 0.4) is 0 Å². The van der Waals surface area contributed by atoms with Crippen LogP contribution in [-0.4, -0.2) is 26.9 Å². The molecular weight excluding hydrogens is 311 g/mol. The van der Waals surface area contributed by atoms with E-state index in [-0.39, 0.29) is 6.61 Å². The molecule has 22 heavy (non-hydrogen) atoms. The molecule has 0 bridgehead atoms. The Labute approximate surface area is 146 Å². The SMILES string of the molecule is CC(C)[CH2][Al][CH2]C(C)C.OCc1cc2c(cc1Cl)OCCC2. The van der Waals surface area contributed by atoms with E-state index in [2.05, 4.69) is 27.7 Å². The number of hydrogen-bond donors (Lipinski definition) is 1. The van der Waals surface area contributed by atoms with Crippen molar-refractivity contribution < 1.29 is 9.84 Å². The van der Waals surface area contributed by atoms with Gasteiger partial charge in [-0.05, 0) is 36.1 Å². The zero-order valence-electron chi connectivity index (χ0n) is 14.4. The highest BCUT2D eigenvalue weighted by molar-refractivity contribution is 6.35. The molecule has 1 radical (unpaired) electrons. The number of aryl methyl sites for hydroxylation is 1. The molecule has 0 saturated heterocycles. The van der Waals surface area contributed by atoms with Gasteiger partial charge in [0.05, 0.1) is 13.2 Å². The predicted octanol–water partition coefficient (Wildman–Crippen LogP) is 5.00. The van der Waals surface area contributed by atoms with Crippen molar-refractivity contribution in [2.45, 2.75) is 57.7 Å². The maximum Gasteiger partial charge on any atom is 0.200 e. The van der Waals surface area contributed by atoms with Crippen LogP contribution in [0.15, 0.2) is 12.1 Å². The maximum absolute atomic E-state index is 8.99. The Morgan fingerprint density at radius 3 is 2.36 bits per heavy atom. The number of ether oxygens (including phenoxy) is 1. The molecule has 0 unspecified atom stereocenters. The normalized spacial score (nSPS) is 13.3. The molecule has 2 rings (SSSR count).